The van der Waals surface area contributed by atoms with E-state index < -0.39 is 0 Å². The lowest BCUT2D eigenvalue weighted by Crippen LogP contribution is -2.27. The molecule has 1 aliphatic heterocycles. The Kier molecular flexibility index (Phi) is 3.47. The predicted octanol–water partition coefficient (Wildman–Crippen LogP) is 3.60. The third-order valence-corrected chi connectivity index (χ3v) is 4.34. The molecule has 0 unspecified atom stereocenters. The van der Waals surface area contributed by atoms with Crippen LogP contribution in [0.25, 0.3) is 22.6 Å². The first-order chi connectivity index (χ1) is 11.8. The van der Waals surface area contributed by atoms with E-state index in [1.54, 1.807) is 22.8 Å². The van der Waals surface area contributed by atoms with E-state index in [1.807, 2.05) is 30.3 Å². The van der Waals surface area contributed by atoms with Crippen LogP contribution in [0.4, 0.5) is 0 Å². The first-order valence-corrected chi connectivity index (χ1v) is 7.97. The second-order valence-electron chi connectivity index (χ2n) is 5.92. The van der Waals surface area contributed by atoms with Gasteiger partial charge in [0.05, 0.1) is 22.5 Å². The van der Waals surface area contributed by atoms with Crippen molar-refractivity contribution in [2.45, 2.75) is 19.4 Å². The number of rotatable bonds is 1. The van der Waals surface area contributed by atoms with E-state index in [-0.39, 0.29) is 5.56 Å². The van der Waals surface area contributed by atoms with Crippen LogP contribution in [-0.4, -0.2) is 9.55 Å². The van der Waals surface area contributed by atoms with E-state index in [4.69, 9.17) is 10.2 Å². The molecule has 1 aliphatic rings. The molecule has 4 rings (SSSR count). The van der Waals surface area contributed by atoms with Gasteiger partial charge in [-0.2, -0.15) is 5.26 Å². The highest BCUT2D eigenvalue weighted by atomic mass is 16.1. The van der Waals surface area contributed by atoms with Crippen LogP contribution in [0.1, 0.15) is 29.8 Å². The average molecular weight is 313 g/mol. The molecule has 0 saturated carbocycles. The Morgan fingerprint density at radius 3 is 2.79 bits per heavy atom. The molecule has 1 aromatic heterocycles. The fourth-order valence-electron chi connectivity index (χ4n) is 3.17. The van der Waals surface area contributed by atoms with E-state index in [0.717, 1.165) is 29.8 Å². The zero-order valence-corrected chi connectivity index (χ0v) is 13.1. The van der Waals surface area contributed by atoms with Gasteiger partial charge in [0.2, 0.25) is 0 Å². The van der Waals surface area contributed by atoms with Crippen molar-refractivity contribution < 1.29 is 0 Å². The van der Waals surface area contributed by atoms with Gasteiger partial charge in [0.1, 0.15) is 5.82 Å². The highest BCUT2D eigenvalue weighted by Crippen LogP contribution is 2.27. The molecular formula is C20H15N3O. The standard InChI is InChI=1S/C20H15N3O/c21-13-15-8-9-17-18(12-15)22-19-16(7-4-10-23(19)20(17)24)11-14-5-2-1-3-6-14/h1-3,5-6,8-9,11-12H,4,7,10H2/b16-11+. The van der Waals surface area contributed by atoms with Gasteiger partial charge in [-0.3, -0.25) is 9.36 Å². The molecule has 0 bridgehead atoms. The molecule has 0 spiro atoms. The van der Waals surface area contributed by atoms with Gasteiger partial charge in [-0.1, -0.05) is 30.3 Å². The third-order valence-electron chi connectivity index (χ3n) is 4.34. The smallest absolute Gasteiger partial charge is 0.261 e. The number of fused-ring (bicyclic) bond motifs is 2. The van der Waals surface area contributed by atoms with Crippen LogP contribution in [0.2, 0.25) is 0 Å². The number of benzene rings is 2. The molecule has 0 atom stereocenters. The molecule has 2 aromatic carbocycles. The summed E-state index contributed by atoms with van der Waals surface area (Å²) in [6.45, 7) is 0.684. The van der Waals surface area contributed by atoms with E-state index in [0.29, 0.717) is 23.0 Å². The molecule has 0 fully saturated rings. The van der Waals surface area contributed by atoms with Crippen LogP contribution in [-0.2, 0) is 6.54 Å². The van der Waals surface area contributed by atoms with Crippen molar-refractivity contribution in [1.29, 1.82) is 5.26 Å². The quantitative estimate of drug-likeness (QED) is 0.689. The summed E-state index contributed by atoms with van der Waals surface area (Å²) in [6.07, 6.45) is 3.91. The summed E-state index contributed by atoms with van der Waals surface area (Å²) in [4.78, 5) is 17.5. The maximum absolute atomic E-state index is 12.8. The number of aromatic nitrogens is 2. The van der Waals surface area contributed by atoms with Gasteiger partial charge in [-0.05, 0) is 48.3 Å². The Hall–Kier alpha value is -3.19. The van der Waals surface area contributed by atoms with Crippen molar-refractivity contribution in [3.05, 3.63) is 75.8 Å². The Bertz CT molecular complexity index is 1060. The number of nitriles is 1. The maximum Gasteiger partial charge on any atom is 0.261 e. The lowest BCUT2D eigenvalue weighted by molar-refractivity contribution is 0.587. The van der Waals surface area contributed by atoms with E-state index >= 15 is 0 Å². The minimum atomic E-state index is -0.0295. The maximum atomic E-state index is 12.8. The Morgan fingerprint density at radius 1 is 1.17 bits per heavy atom. The van der Waals surface area contributed by atoms with Gasteiger partial charge in [0.15, 0.2) is 0 Å². The molecule has 0 saturated heterocycles. The number of nitrogens with zero attached hydrogens (tertiary/aromatic N) is 3. The molecule has 0 N–H and O–H groups in total. The summed E-state index contributed by atoms with van der Waals surface area (Å²) in [5.41, 5.74) is 3.24. The summed E-state index contributed by atoms with van der Waals surface area (Å²) < 4.78 is 1.76. The minimum Gasteiger partial charge on any atom is -0.292 e. The first-order valence-electron chi connectivity index (χ1n) is 7.97. The Labute approximate surface area is 139 Å². The molecule has 4 nitrogen and oxygen atoms in total. The number of allylic oxidation sites excluding steroid dienone is 1. The monoisotopic (exact) mass is 313 g/mol. The fraction of sp³-hybridized carbons (Fsp3) is 0.150. The Morgan fingerprint density at radius 2 is 2.00 bits per heavy atom. The normalized spacial score (nSPS) is 15.2. The van der Waals surface area contributed by atoms with Gasteiger partial charge < -0.3 is 0 Å². The van der Waals surface area contributed by atoms with Crippen LogP contribution >= 0.6 is 0 Å². The van der Waals surface area contributed by atoms with Crippen LogP contribution in [0.3, 0.4) is 0 Å². The molecule has 2 heterocycles. The van der Waals surface area contributed by atoms with Gasteiger partial charge in [-0.25, -0.2) is 4.98 Å². The summed E-state index contributed by atoms with van der Waals surface area (Å²) in [5.74, 6) is 0.720. The van der Waals surface area contributed by atoms with Crippen molar-refractivity contribution in [3.8, 4) is 6.07 Å². The summed E-state index contributed by atoms with van der Waals surface area (Å²) in [5, 5.41) is 9.65. The highest BCUT2D eigenvalue weighted by molar-refractivity contribution is 5.84. The second kappa shape index (κ2) is 5.78. The van der Waals surface area contributed by atoms with Gasteiger partial charge in [0.25, 0.3) is 5.56 Å². The van der Waals surface area contributed by atoms with E-state index in [9.17, 15) is 4.79 Å². The Balaban J connectivity index is 1.95. The van der Waals surface area contributed by atoms with Crippen LogP contribution in [0, 0.1) is 11.3 Å². The third kappa shape index (κ3) is 2.40. The highest BCUT2D eigenvalue weighted by Gasteiger charge is 2.19. The van der Waals surface area contributed by atoms with Gasteiger partial charge in [-0.15, -0.1) is 0 Å². The minimum absolute atomic E-state index is 0.0295. The molecule has 0 amide bonds. The first kappa shape index (κ1) is 14.4. The molecule has 0 radical (unpaired) electrons. The second-order valence-corrected chi connectivity index (χ2v) is 5.92. The zero-order chi connectivity index (χ0) is 16.5. The van der Waals surface area contributed by atoms with E-state index in [1.165, 1.54) is 0 Å². The molecule has 0 aliphatic carbocycles. The topological polar surface area (TPSA) is 58.7 Å². The number of hydrogen-bond acceptors (Lipinski definition) is 3. The van der Waals surface area contributed by atoms with Gasteiger partial charge in [0, 0.05) is 6.54 Å². The van der Waals surface area contributed by atoms with Crippen LogP contribution in [0.15, 0.2) is 53.3 Å². The molecule has 116 valence electrons. The predicted molar refractivity (Wildman–Crippen MR) is 94.3 cm³/mol. The van der Waals surface area contributed by atoms with E-state index in [2.05, 4.69) is 12.1 Å². The van der Waals surface area contributed by atoms with Crippen molar-refractivity contribution >= 4 is 22.6 Å². The summed E-state index contributed by atoms with van der Waals surface area (Å²) >= 11 is 0. The fourth-order valence-corrected chi connectivity index (χ4v) is 3.17. The summed E-state index contributed by atoms with van der Waals surface area (Å²) in [7, 11) is 0. The average Bonchev–Trinajstić information content (AvgIpc) is 2.63. The van der Waals surface area contributed by atoms with Crippen molar-refractivity contribution in [3.63, 3.8) is 0 Å². The van der Waals surface area contributed by atoms with Crippen molar-refractivity contribution in [1.82, 2.24) is 9.55 Å². The molecule has 3 aromatic rings. The lowest BCUT2D eigenvalue weighted by atomic mass is 10.0. The zero-order valence-electron chi connectivity index (χ0n) is 13.1. The largest absolute Gasteiger partial charge is 0.292 e. The lowest BCUT2D eigenvalue weighted by Gasteiger charge is -2.21. The van der Waals surface area contributed by atoms with Crippen molar-refractivity contribution in [2.24, 2.45) is 0 Å². The molecular weight excluding hydrogens is 298 g/mol. The molecule has 4 heteroatoms. The van der Waals surface area contributed by atoms with Gasteiger partial charge >= 0.3 is 0 Å². The molecule has 24 heavy (non-hydrogen) atoms. The summed E-state index contributed by atoms with van der Waals surface area (Å²) in [6, 6.07) is 17.2. The number of hydrogen-bond donors (Lipinski definition) is 0. The van der Waals surface area contributed by atoms with Crippen LogP contribution in [0.5, 0.6) is 0 Å². The van der Waals surface area contributed by atoms with Crippen molar-refractivity contribution in [2.75, 3.05) is 0 Å². The SMILES string of the molecule is N#Cc1ccc2c(=O)n3c(nc2c1)/C(=C/c1ccccc1)CCC3. The van der Waals surface area contributed by atoms with Crippen LogP contribution < -0.4 is 5.56 Å².